The number of para-hydroxylation sites is 2. The molecule has 3 aromatic carbocycles. The normalized spacial score (nSPS) is 14.1. The predicted molar refractivity (Wildman–Crippen MR) is 138 cm³/mol. The lowest BCUT2D eigenvalue weighted by Crippen LogP contribution is -2.37. The van der Waals surface area contributed by atoms with Gasteiger partial charge in [-0.3, -0.25) is 13.9 Å². The highest BCUT2D eigenvalue weighted by Crippen LogP contribution is 2.46. The number of aryl methyl sites for hydroxylation is 2. The number of rotatable bonds is 2. The van der Waals surface area contributed by atoms with Gasteiger partial charge in [0.15, 0.2) is 6.10 Å². The SMILES string of the molecule is Cc1ccc(-c2c3c(=O)n(C)c(=O)n(C)c3c3n2-c2ccccc2O[C@H]3c2ccc(C#N)cc2)cc1. The van der Waals surface area contributed by atoms with Crippen molar-refractivity contribution in [1.29, 1.82) is 5.26 Å². The Balaban J connectivity index is 1.83. The Bertz CT molecular complexity index is 1830. The van der Waals surface area contributed by atoms with Gasteiger partial charge in [-0.2, -0.15) is 5.26 Å². The van der Waals surface area contributed by atoms with Crippen molar-refractivity contribution in [1.82, 2.24) is 13.7 Å². The fourth-order valence-electron chi connectivity index (χ4n) is 5.05. The van der Waals surface area contributed by atoms with Crippen LogP contribution < -0.4 is 16.0 Å². The number of nitriles is 1. The summed E-state index contributed by atoms with van der Waals surface area (Å²) in [5.74, 6) is 0.662. The van der Waals surface area contributed by atoms with Gasteiger partial charge >= 0.3 is 5.69 Å². The van der Waals surface area contributed by atoms with Crippen LogP contribution >= 0.6 is 0 Å². The molecule has 36 heavy (non-hydrogen) atoms. The Morgan fingerprint density at radius 2 is 1.58 bits per heavy atom. The summed E-state index contributed by atoms with van der Waals surface area (Å²) in [6.07, 6.45) is -0.605. The number of ether oxygens (including phenoxy) is 1. The summed E-state index contributed by atoms with van der Waals surface area (Å²) in [6.45, 7) is 2.02. The second kappa shape index (κ2) is 7.85. The van der Waals surface area contributed by atoms with E-state index in [1.165, 1.54) is 11.6 Å². The van der Waals surface area contributed by atoms with Crippen molar-refractivity contribution in [3.05, 3.63) is 116 Å². The zero-order chi connectivity index (χ0) is 25.1. The van der Waals surface area contributed by atoms with Gasteiger partial charge in [0.05, 0.1) is 39.6 Å². The Hall–Kier alpha value is -4.83. The lowest BCUT2D eigenvalue weighted by atomic mass is 10.0. The molecule has 0 amide bonds. The second-order valence-electron chi connectivity index (χ2n) is 9.06. The van der Waals surface area contributed by atoms with Crippen LogP contribution in [0.2, 0.25) is 0 Å². The van der Waals surface area contributed by atoms with E-state index in [0.717, 1.165) is 26.9 Å². The molecule has 2 aromatic heterocycles. The van der Waals surface area contributed by atoms with E-state index in [-0.39, 0.29) is 5.56 Å². The summed E-state index contributed by atoms with van der Waals surface area (Å²) >= 11 is 0. The van der Waals surface area contributed by atoms with Crippen LogP contribution in [0.15, 0.2) is 82.4 Å². The van der Waals surface area contributed by atoms with Crippen molar-refractivity contribution in [3.8, 4) is 28.8 Å². The van der Waals surface area contributed by atoms with Crippen LogP contribution in [0, 0.1) is 18.3 Å². The van der Waals surface area contributed by atoms with Crippen molar-refractivity contribution in [3.63, 3.8) is 0 Å². The number of hydrogen-bond donors (Lipinski definition) is 0. The number of fused-ring (bicyclic) bond motifs is 5. The highest BCUT2D eigenvalue weighted by Gasteiger charge is 2.36. The van der Waals surface area contributed by atoms with Crippen LogP contribution in [0.1, 0.15) is 28.5 Å². The van der Waals surface area contributed by atoms with E-state index in [0.29, 0.717) is 33.6 Å². The molecule has 1 atom stereocenters. The molecule has 0 radical (unpaired) electrons. The summed E-state index contributed by atoms with van der Waals surface area (Å²) < 4.78 is 11.3. The molecule has 5 aromatic rings. The number of aromatic nitrogens is 3. The van der Waals surface area contributed by atoms with Crippen LogP contribution in [0.5, 0.6) is 5.75 Å². The van der Waals surface area contributed by atoms with Crippen LogP contribution in [-0.4, -0.2) is 13.7 Å². The number of hydrogen-bond acceptors (Lipinski definition) is 4. The monoisotopic (exact) mass is 474 g/mol. The fourth-order valence-corrected chi connectivity index (χ4v) is 5.05. The van der Waals surface area contributed by atoms with Gasteiger partial charge in [-0.05, 0) is 42.3 Å². The van der Waals surface area contributed by atoms with E-state index in [2.05, 4.69) is 10.6 Å². The van der Waals surface area contributed by atoms with Crippen LogP contribution in [0.4, 0.5) is 0 Å². The largest absolute Gasteiger partial charge is 0.477 e. The molecule has 0 saturated carbocycles. The maximum Gasteiger partial charge on any atom is 0.331 e. The van der Waals surface area contributed by atoms with Gasteiger partial charge < -0.3 is 9.30 Å². The lowest BCUT2D eigenvalue weighted by molar-refractivity contribution is 0.229. The first-order chi connectivity index (χ1) is 17.4. The highest BCUT2D eigenvalue weighted by atomic mass is 16.5. The minimum Gasteiger partial charge on any atom is -0.477 e. The van der Waals surface area contributed by atoms with E-state index in [9.17, 15) is 14.9 Å². The van der Waals surface area contributed by atoms with E-state index in [1.807, 2.05) is 67.6 Å². The second-order valence-corrected chi connectivity index (χ2v) is 9.06. The minimum atomic E-state index is -0.605. The molecule has 0 fully saturated rings. The Labute approximate surface area is 206 Å². The molecule has 1 aliphatic heterocycles. The average molecular weight is 475 g/mol. The zero-order valence-corrected chi connectivity index (χ0v) is 20.0. The maximum absolute atomic E-state index is 13.7. The average Bonchev–Trinajstić information content (AvgIpc) is 3.27. The maximum atomic E-state index is 13.7. The fraction of sp³-hybridized carbons (Fsp3) is 0.138. The third kappa shape index (κ3) is 2.98. The van der Waals surface area contributed by atoms with Crippen molar-refractivity contribution < 1.29 is 4.74 Å². The van der Waals surface area contributed by atoms with E-state index in [4.69, 9.17) is 4.74 Å². The van der Waals surface area contributed by atoms with Gasteiger partial charge in [-0.25, -0.2) is 4.79 Å². The van der Waals surface area contributed by atoms with Gasteiger partial charge in [0.1, 0.15) is 5.75 Å². The van der Waals surface area contributed by atoms with Crippen LogP contribution in [-0.2, 0) is 14.1 Å². The van der Waals surface area contributed by atoms with E-state index < -0.39 is 11.8 Å². The topological polar surface area (TPSA) is 81.9 Å². The van der Waals surface area contributed by atoms with Crippen molar-refractivity contribution in [2.45, 2.75) is 13.0 Å². The van der Waals surface area contributed by atoms with Crippen molar-refractivity contribution in [2.24, 2.45) is 14.1 Å². The number of nitrogens with zero attached hydrogens (tertiary/aromatic N) is 4. The summed E-state index contributed by atoms with van der Waals surface area (Å²) in [4.78, 5) is 26.8. The summed E-state index contributed by atoms with van der Waals surface area (Å²) in [7, 11) is 3.18. The Kier molecular flexibility index (Phi) is 4.73. The molecule has 176 valence electrons. The first kappa shape index (κ1) is 21.7. The summed E-state index contributed by atoms with van der Waals surface area (Å²) in [6, 6.07) is 25.0. The molecule has 7 nitrogen and oxygen atoms in total. The number of benzene rings is 3. The smallest absolute Gasteiger partial charge is 0.331 e. The lowest BCUT2D eigenvalue weighted by Gasteiger charge is -2.30. The molecule has 0 saturated heterocycles. The molecule has 6 rings (SSSR count). The molecule has 0 unspecified atom stereocenters. The van der Waals surface area contributed by atoms with Gasteiger partial charge in [-0.1, -0.05) is 54.1 Å². The molecule has 0 N–H and O–H groups in total. The third-order valence-corrected chi connectivity index (χ3v) is 6.88. The van der Waals surface area contributed by atoms with Crippen molar-refractivity contribution in [2.75, 3.05) is 0 Å². The first-order valence-corrected chi connectivity index (χ1v) is 11.6. The van der Waals surface area contributed by atoms with Gasteiger partial charge in [-0.15, -0.1) is 0 Å². The molecular formula is C29H22N4O3. The van der Waals surface area contributed by atoms with Crippen LogP contribution in [0.25, 0.3) is 27.8 Å². The van der Waals surface area contributed by atoms with E-state index >= 15 is 0 Å². The van der Waals surface area contributed by atoms with Gasteiger partial charge in [0.25, 0.3) is 5.56 Å². The molecule has 0 spiro atoms. The Morgan fingerprint density at radius 3 is 2.28 bits per heavy atom. The zero-order valence-electron chi connectivity index (χ0n) is 20.0. The quantitative estimate of drug-likeness (QED) is 0.381. The molecule has 7 heteroatoms. The van der Waals surface area contributed by atoms with Gasteiger partial charge in [0, 0.05) is 14.1 Å². The summed E-state index contributed by atoms with van der Waals surface area (Å²) in [5.41, 5.74) is 5.28. The highest BCUT2D eigenvalue weighted by molar-refractivity contribution is 5.98. The van der Waals surface area contributed by atoms with Gasteiger partial charge in [0.2, 0.25) is 0 Å². The standard InChI is InChI=1S/C29H22N4O3/c1-17-8-12-19(13-9-17)24-23-25(31(2)29(35)32(3)28(23)34)26-27(20-14-10-18(16-30)11-15-20)36-22-7-5-4-6-21(22)33(24)26/h4-15,27H,1-3H3/t27-/m0/s1. The first-order valence-electron chi connectivity index (χ1n) is 11.6. The Morgan fingerprint density at radius 1 is 0.889 bits per heavy atom. The van der Waals surface area contributed by atoms with E-state index in [1.54, 1.807) is 19.2 Å². The molecule has 1 aliphatic rings. The molecular weight excluding hydrogens is 452 g/mol. The van der Waals surface area contributed by atoms with Crippen molar-refractivity contribution >= 4 is 10.9 Å². The summed E-state index contributed by atoms with van der Waals surface area (Å²) in [5, 5.41) is 9.74. The molecule has 3 heterocycles. The molecule has 0 bridgehead atoms. The minimum absolute atomic E-state index is 0.360. The predicted octanol–water partition coefficient (Wildman–Crippen LogP) is 4.36. The van der Waals surface area contributed by atoms with Crippen LogP contribution in [0.3, 0.4) is 0 Å². The third-order valence-electron chi connectivity index (χ3n) is 6.88. The molecule has 0 aliphatic carbocycles.